The first-order valence-corrected chi connectivity index (χ1v) is 6.61. The van der Waals surface area contributed by atoms with Crippen molar-refractivity contribution in [3.05, 3.63) is 23.8 Å². The van der Waals surface area contributed by atoms with E-state index in [4.69, 9.17) is 9.47 Å². The lowest BCUT2D eigenvalue weighted by molar-refractivity contribution is -0.126. The maximum absolute atomic E-state index is 12.0. The van der Waals surface area contributed by atoms with Gasteiger partial charge < -0.3 is 20.1 Å². The number of hydrogen-bond acceptors (Lipinski definition) is 4. The smallest absolute Gasteiger partial charge is 0.231 e. The van der Waals surface area contributed by atoms with Gasteiger partial charge in [0.2, 0.25) is 12.7 Å². The number of nitrogens with one attached hydrogen (secondary N) is 2. The molecule has 110 valence electrons. The van der Waals surface area contributed by atoms with E-state index in [2.05, 4.69) is 10.6 Å². The van der Waals surface area contributed by atoms with Crippen LogP contribution in [0.2, 0.25) is 0 Å². The summed E-state index contributed by atoms with van der Waals surface area (Å²) in [6.45, 7) is 4.59. The van der Waals surface area contributed by atoms with Gasteiger partial charge >= 0.3 is 0 Å². The van der Waals surface area contributed by atoms with Crippen LogP contribution in [0, 0.1) is 11.8 Å². The van der Waals surface area contributed by atoms with Crippen molar-refractivity contribution in [3.8, 4) is 11.5 Å². The highest BCUT2D eigenvalue weighted by molar-refractivity contribution is 5.85. The Balaban J connectivity index is 0.00000147. The van der Waals surface area contributed by atoms with Crippen LogP contribution >= 0.6 is 12.4 Å². The molecule has 1 atom stereocenters. The molecule has 1 amide bonds. The largest absolute Gasteiger partial charge is 0.454 e. The lowest BCUT2D eigenvalue weighted by Gasteiger charge is -2.31. The maximum atomic E-state index is 12.0. The Morgan fingerprint density at radius 2 is 2.25 bits per heavy atom. The number of carbonyl (C=O) groups excluding carboxylic acids is 1. The molecule has 2 aliphatic heterocycles. The molecule has 2 heterocycles. The fraction of sp³-hybridized carbons (Fsp3) is 0.500. The van der Waals surface area contributed by atoms with Crippen molar-refractivity contribution in [3.63, 3.8) is 0 Å². The van der Waals surface area contributed by atoms with Gasteiger partial charge in [0.15, 0.2) is 11.5 Å². The second-order valence-electron chi connectivity index (χ2n) is 5.08. The highest BCUT2D eigenvalue weighted by Crippen LogP contribution is 2.35. The van der Waals surface area contributed by atoms with Crippen LogP contribution < -0.4 is 20.1 Å². The van der Waals surface area contributed by atoms with Gasteiger partial charge in [-0.1, -0.05) is 19.1 Å². The SMILES string of the molecule is CC(C(=O)NCc1cccc2c1OCO2)C1CNC1.Cl. The molecule has 1 unspecified atom stereocenters. The molecule has 1 fully saturated rings. The second-order valence-corrected chi connectivity index (χ2v) is 5.08. The van der Waals surface area contributed by atoms with Crippen LogP contribution in [0.4, 0.5) is 0 Å². The first-order valence-electron chi connectivity index (χ1n) is 6.61. The lowest BCUT2D eigenvalue weighted by Crippen LogP contribution is -2.49. The molecule has 5 nitrogen and oxygen atoms in total. The number of carbonyl (C=O) groups is 1. The normalized spacial score (nSPS) is 17.9. The summed E-state index contributed by atoms with van der Waals surface area (Å²) in [7, 11) is 0. The van der Waals surface area contributed by atoms with Gasteiger partial charge in [0.25, 0.3) is 0 Å². The molecule has 1 saturated heterocycles. The zero-order valence-electron chi connectivity index (χ0n) is 11.3. The maximum Gasteiger partial charge on any atom is 0.231 e. The van der Waals surface area contributed by atoms with Gasteiger partial charge in [-0.25, -0.2) is 0 Å². The summed E-state index contributed by atoms with van der Waals surface area (Å²) >= 11 is 0. The Hall–Kier alpha value is -1.46. The molecule has 0 aliphatic carbocycles. The van der Waals surface area contributed by atoms with E-state index in [1.807, 2.05) is 25.1 Å². The number of rotatable bonds is 4. The second kappa shape index (κ2) is 6.33. The highest BCUT2D eigenvalue weighted by Gasteiger charge is 2.28. The highest BCUT2D eigenvalue weighted by atomic mass is 35.5. The summed E-state index contributed by atoms with van der Waals surface area (Å²) in [6.07, 6.45) is 0. The predicted octanol–water partition coefficient (Wildman–Crippen LogP) is 1.31. The van der Waals surface area contributed by atoms with Crippen LogP contribution in [0.3, 0.4) is 0 Å². The van der Waals surface area contributed by atoms with E-state index in [-0.39, 0.29) is 31.0 Å². The molecule has 6 heteroatoms. The van der Waals surface area contributed by atoms with Gasteiger partial charge in [-0.3, -0.25) is 4.79 Å². The van der Waals surface area contributed by atoms with Crippen molar-refractivity contribution in [1.29, 1.82) is 0 Å². The Kier molecular flexibility index (Phi) is 4.73. The quantitative estimate of drug-likeness (QED) is 0.880. The van der Waals surface area contributed by atoms with Gasteiger partial charge in [0.05, 0.1) is 0 Å². The first kappa shape index (κ1) is 14.9. The number of para-hydroxylation sites is 1. The Morgan fingerprint density at radius 1 is 1.45 bits per heavy atom. The summed E-state index contributed by atoms with van der Waals surface area (Å²) in [6, 6.07) is 5.73. The third-order valence-corrected chi connectivity index (χ3v) is 3.86. The van der Waals surface area contributed by atoms with Gasteiger partial charge in [-0.05, 0) is 25.1 Å². The van der Waals surface area contributed by atoms with E-state index in [1.54, 1.807) is 0 Å². The van der Waals surface area contributed by atoms with Crippen LogP contribution in [0.15, 0.2) is 18.2 Å². The first-order chi connectivity index (χ1) is 9.25. The summed E-state index contributed by atoms with van der Waals surface area (Å²) < 4.78 is 10.7. The van der Waals surface area contributed by atoms with Crippen molar-refractivity contribution < 1.29 is 14.3 Å². The van der Waals surface area contributed by atoms with Crippen molar-refractivity contribution in [2.75, 3.05) is 19.9 Å². The zero-order valence-corrected chi connectivity index (χ0v) is 12.2. The monoisotopic (exact) mass is 298 g/mol. The third-order valence-electron chi connectivity index (χ3n) is 3.86. The van der Waals surface area contributed by atoms with E-state index in [0.717, 1.165) is 30.2 Å². The summed E-state index contributed by atoms with van der Waals surface area (Å²) in [4.78, 5) is 12.0. The molecule has 0 saturated carbocycles. The van der Waals surface area contributed by atoms with Crippen LogP contribution in [-0.4, -0.2) is 25.8 Å². The molecule has 0 bridgehead atoms. The van der Waals surface area contributed by atoms with Gasteiger partial charge in [0, 0.05) is 18.0 Å². The molecule has 0 aromatic heterocycles. The molecule has 2 N–H and O–H groups in total. The third kappa shape index (κ3) is 2.83. The summed E-state index contributed by atoms with van der Waals surface area (Å²) in [5.74, 6) is 2.11. The molecule has 0 radical (unpaired) electrons. The van der Waals surface area contributed by atoms with Crippen LogP contribution in [0.1, 0.15) is 12.5 Å². The number of halogens is 1. The Bertz CT molecular complexity index is 491. The molecular weight excluding hydrogens is 280 g/mol. The molecular formula is C14H19ClN2O3. The minimum absolute atomic E-state index is 0. The van der Waals surface area contributed by atoms with Crippen LogP contribution in [0.25, 0.3) is 0 Å². The standard InChI is InChI=1S/C14H18N2O3.ClH/c1-9(11-5-15-6-11)14(17)16-7-10-3-2-4-12-13(10)19-8-18-12;/h2-4,9,11,15H,5-8H2,1H3,(H,16,17);1H. The molecule has 3 rings (SSSR count). The lowest BCUT2D eigenvalue weighted by atomic mass is 9.88. The van der Waals surface area contributed by atoms with E-state index in [1.165, 1.54) is 0 Å². The molecule has 0 spiro atoms. The topological polar surface area (TPSA) is 59.6 Å². The van der Waals surface area contributed by atoms with E-state index in [9.17, 15) is 4.79 Å². The number of amides is 1. The number of fused-ring (bicyclic) bond motifs is 1. The van der Waals surface area contributed by atoms with Gasteiger partial charge in [-0.2, -0.15) is 0 Å². The predicted molar refractivity (Wildman–Crippen MR) is 77.2 cm³/mol. The van der Waals surface area contributed by atoms with E-state index in [0.29, 0.717) is 12.5 Å². The Morgan fingerprint density at radius 3 is 2.95 bits per heavy atom. The van der Waals surface area contributed by atoms with Crippen LogP contribution in [-0.2, 0) is 11.3 Å². The van der Waals surface area contributed by atoms with E-state index >= 15 is 0 Å². The van der Waals surface area contributed by atoms with Crippen molar-refractivity contribution in [2.45, 2.75) is 13.5 Å². The minimum Gasteiger partial charge on any atom is -0.454 e. The van der Waals surface area contributed by atoms with Crippen LogP contribution in [0.5, 0.6) is 11.5 Å². The van der Waals surface area contributed by atoms with Crippen molar-refractivity contribution in [1.82, 2.24) is 10.6 Å². The van der Waals surface area contributed by atoms with Crippen molar-refractivity contribution in [2.24, 2.45) is 11.8 Å². The molecule has 20 heavy (non-hydrogen) atoms. The van der Waals surface area contributed by atoms with Crippen molar-refractivity contribution >= 4 is 18.3 Å². The molecule has 1 aromatic rings. The molecule has 1 aromatic carbocycles. The summed E-state index contributed by atoms with van der Waals surface area (Å²) in [5, 5.41) is 6.16. The fourth-order valence-corrected chi connectivity index (χ4v) is 2.35. The minimum atomic E-state index is 0. The molecule has 2 aliphatic rings. The van der Waals surface area contributed by atoms with Gasteiger partial charge in [-0.15, -0.1) is 12.4 Å². The average molecular weight is 299 g/mol. The number of ether oxygens (including phenoxy) is 2. The number of benzene rings is 1. The number of hydrogen-bond donors (Lipinski definition) is 2. The Labute approximate surface area is 124 Å². The summed E-state index contributed by atoms with van der Waals surface area (Å²) in [5.41, 5.74) is 0.960. The van der Waals surface area contributed by atoms with E-state index < -0.39 is 0 Å². The fourth-order valence-electron chi connectivity index (χ4n) is 2.35. The zero-order chi connectivity index (χ0) is 13.2. The average Bonchev–Trinajstić information content (AvgIpc) is 2.82. The van der Waals surface area contributed by atoms with Gasteiger partial charge in [0.1, 0.15) is 0 Å².